The maximum atomic E-state index is 12.2. The molecule has 0 radical (unpaired) electrons. The second-order valence-electron chi connectivity index (χ2n) is 6.31. The van der Waals surface area contributed by atoms with Crippen LogP contribution in [0, 0.1) is 5.41 Å². The molecule has 0 unspecified atom stereocenters. The molecule has 5 heteroatoms. The third-order valence-corrected chi connectivity index (χ3v) is 5.10. The van der Waals surface area contributed by atoms with Crippen LogP contribution in [0.2, 0.25) is 0 Å². The van der Waals surface area contributed by atoms with Gasteiger partial charge in [-0.2, -0.15) is 0 Å². The van der Waals surface area contributed by atoms with Crippen molar-refractivity contribution in [2.45, 2.75) is 51.2 Å². The first-order chi connectivity index (χ1) is 10.6. The van der Waals surface area contributed by atoms with E-state index in [1.807, 2.05) is 19.1 Å². The van der Waals surface area contributed by atoms with E-state index in [-0.39, 0.29) is 18.3 Å². The van der Waals surface area contributed by atoms with Gasteiger partial charge >= 0.3 is 5.97 Å². The summed E-state index contributed by atoms with van der Waals surface area (Å²) in [5.74, 6) is 0.0563. The van der Waals surface area contributed by atoms with Crippen LogP contribution >= 0.6 is 0 Å². The van der Waals surface area contributed by atoms with Crippen LogP contribution in [-0.2, 0) is 19.0 Å². The number of hydrogen-bond donors (Lipinski definition) is 0. The molecule has 3 rings (SSSR count). The van der Waals surface area contributed by atoms with E-state index in [1.165, 1.54) is 0 Å². The molecule has 22 heavy (non-hydrogen) atoms. The first-order valence-electron chi connectivity index (χ1n) is 8.08. The highest BCUT2D eigenvalue weighted by molar-refractivity contribution is 5.70. The number of carbonyl (C=O) groups is 1. The average Bonchev–Trinajstić information content (AvgIpc) is 3.15. The quantitative estimate of drug-likeness (QED) is 0.799. The number of furan rings is 1. The minimum absolute atomic E-state index is 0.0822. The van der Waals surface area contributed by atoms with Gasteiger partial charge in [-0.3, -0.25) is 4.79 Å². The highest BCUT2D eigenvalue weighted by Crippen LogP contribution is 2.58. The molecule has 2 fully saturated rings. The van der Waals surface area contributed by atoms with Crippen LogP contribution in [0.5, 0.6) is 0 Å². The lowest BCUT2D eigenvalue weighted by molar-refractivity contribution is -0.261. The summed E-state index contributed by atoms with van der Waals surface area (Å²) < 4.78 is 22.9. The Kier molecular flexibility index (Phi) is 4.28. The molecule has 1 aliphatic carbocycles. The Hall–Kier alpha value is -1.33. The second-order valence-corrected chi connectivity index (χ2v) is 6.31. The van der Waals surface area contributed by atoms with Crippen LogP contribution in [0.1, 0.15) is 51.2 Å². The van der Waals surface area contributed by atoms with Crippen molar-refractivity contribution in [1.82, 2.24) is 0 Å². The van der Waals surface area contributed by atoms with Gasteiger partial charge in [-0.15, -0.1) is 0 Å². The minimum Gasteiger partial charge on any atom is -0.469 e. The highest BCUT2D eigenvalue weighted by atomic mass is 16.7. The summed E-state index contributed by atoms with van der Waals surface area (Å²) >= 11 is 0. The molecule has 1 aliphatic heterocycles. The van der Waals surface area contributed by atoms with Crippen LogP contribution in [0.3, 0.4) is 0 Å². The maximum absolute atomic E-state index is 12.2. The number of carbonyl (C=O) groups excluding carboxylic acids is 1. The van der Waals surface area contributed by atoms with Gasteiger partial charge in [0.25, 0.3) is 0 Å². The molecule has 2 aliphatic rings. The SMILES string of the molecule is CCOC(=O)C[C@@]1(C)[C@H](c2ccco2)CCCC12OCCO2. The molecule has 0 amide bonds. The largest absolute Gasteiger partial charge is 0.469 e. The van der Waals surface area contributed by atoms with Crippen molar-refractivity contribution in [1.29, 1.82) is 0 Å². The lowest BCUT2D eigenvalue weighted by Gasteiger charge is -2.51. The van der Waals surface area contributed by atoms with E-state index in [0.29, 0.717) is 19.8 Å². The summed E-state index contributed by atoms with van der Waals surface area (Å²) in [6.45, 7) is 5.42. The molecule has 1 spiro atoms. The van der Waals surface area contributed by atoms with Gasteiger partial charge in [0.05, 0.1) is 32.5 Å². The molecule has 0 aromatic carbocycles. The lowest BCUT2D eigenvalue weighted by atomic mass is 9.60. The molecule has 0 bridgehead atoms. The van der Waals surface area contributed by atoms with E-state index in [2.05, 4.69) is 6.92 Å². The van der Waals surface area contributed by atoms with Crippen molar-refractivity contribution in [2.75, 3.05) is 19.8 Å². The topological polar surface area (TPSA) is 57.9 Å². The normalized spacial score (nSPS) is 30.5. The maximum Gasteiger partial charge on any atom is 0.306 e. The van der Waals surface area contributed by atoms with Crippen molar-refractivity contribution in [3.05, 3.63) is 24.2 Å². The molecule has 1 aromatic rings. The van der Waals surface area contributed by atoms with Gasteiger partial charge in [0.2, 0.25) is 0 Å². The molecule has 122 valence electrons. The van der Waals surface area contributed by atoms with E-state index < -0.39 is 11.2 Å². The van der Waals surface area contributed by atoms with Gasteiger partial charge in [-0.05, 0) is 31.9 Å². The third-order valence-electron chi connectivity index (χ3n) is 5.10. The fraction of sp³-hybridized carbons (Fsp3) is 0.706. The first kappa shape index (κ1) is 15.6. The fourth-order valence-corrected chi connectivity index (χ4v) is 4.05. The average molecular weight is 308 g/mol. The highest BCUT2D eigenvalue weighted by Gasteiger charge is 2.60. The van der Waals surface area contributed by atoms with Crippen LogP contribution in [0.4, 0.5) is 0 Å². The summed E-state index contributed by atoms with van der Waals surface area (Å²) in [4.78, 5) is 12.2. The van der Waals surface area contributed by atoms with Crippen molar-refractivity contribution in [2.24, 2.45) is 5.41 Å². The van der Waals surface area contributed by atoms with Crippen molar-refractivity contribution in [3.8, 4) is 0 Å². The van der Waals surface area contributed by atoms with Crippen LogP contribution in [-0.4, -0.2) is 31.6 Å². The number of ether oxygens (including phenoxy) is 3. The Morgan fingerprint density at radius 1 is 1.41 bits per heavy atom. The first-order valence-corrected chi connectivity index (χ1v) is 8.08. The number of esters is 1. The fourth-order valence-electron chi connectivity index (χ4n) is 4.05. The van der Waals surface area contributed by atoms with E-state index in [0.717, 1.165) is 25.0 Å². The van der Waals surface area contributed by atoms with Gasteiger partial charge < -0.3 is 18.6 Å². The van der Waals surface area contributed by atoms with Gasteiger partial charge in [0, 0.05) is 17.8 Å². The van der Waals surface area contributed by atoms with Crippen LogP contribution in [0.25, 0.3) is 0 Å². The van der Waals surface area contributed by atoms with E-state index >= 15 is 0 Å². The van der Waals surface area contributed by atoms with Gasteiger partial charge in [0.1, 0.15) is 5.76 Å². The van der Waals surface area contributed by atoms with Crippen LogP contribution < -0.4 is 0 Å². The second kappa shape index (κ2) is 6.05. The zero-order valence-electron chi connectivity index (χ0n) is 13.3. The molecule has 0 N–H and O–H groups in total. The van der Waals surface area contributed by atoms with E-state index in [1.54, 1.807) is 6.26 Å². The Labute approximate surface area is 130 Å². The van der Waals surface area contributed by atoms with Gasteiger partial charge in [-0.1, -0.05) is 6.92 Å². The Morgan fingerprint density at radius 3 is 2.82 bits per heavy atom. The predicted molar refractivity (Wildman–Crippen MR) is 79.3 cm³/mol. The molecule has 1 saturated carbocycles. The van der Waals surface area contributed by atoms with Gasteiger partial charge in [-0.25, -0.2) is 0 Å². The summed E-state index contributed by atoms with van der Waals surface area (Å²) in [5.41, 5.74) is -0.494. The molecular formula is C17H24O5. The molecular weight excluding hydrogens is 284 g/mol. The zero-order valence-corrected chi connectivity index (χ0v) is 13.3. The minimum atomic E-state index is -0.713. The molecule has 5 nitrogen and oxygen atoms in total. The third kappa shape index (κ3) is 2.46. The monoisotopic (exact) mass is 308 g/mol. The van der Waals surface area contributed by atoms with E-state index in [4.69, 9.17) is 18.6 Å². The Morgan fingerprint density at radius 2 is 2.18 bits per heavy atom. The Balaban J connectivity index is 1.96. The molecule has 1 aromatic heterocycles. The Bertz CT molecular complexity index is 503. The smallest absolute Gasteiger partial charge is 0.306 e. The zero-order chi connectivity index (χ0) is 15.6. The van der Waals surface area contributed by atoms with Gasteiger partial charge in [0.15, 0.2) is 5.79 Å². The summed E-state index contributed by atoms with van der Waals surface area (Å²) in [7, 11) is 0. The number of rotatable bonds is 4. The lowest BCUT2D eigenvalue weighted by Crippen LogP contribution is -2.54. The molecule has 2 atom stereocenters. The summed E-state index contributed by atoms with van der Waals surface area (Å²) in [6, 6.07) is 3.86. The summed E-state index contributed by atoms with van der Waals surface area (Å²) in [6.07, 6.45) is 4.70. The van der Waals surface area contributed by atoms with Crippen molar-refractivity contribution in [3.63, 3.8) is 0 Å². The van der Waals surface area contributed by atoms with Crippen LogP contribution in [0.15, 0.2) is 22.8 Å². The van der Waals surface area contributed by atoms with Crippen molar-refractivity contribution < 1.29 is 23.4 Å². The number of hydrogen-bond acceptors (Lipinski definition) is 5. The standard InChI is InChI=1S/C17H24O5/c1-3-19-15(18)12-16(2)13(14-7-5-9-20-14)6-4-8-17(16)21-10-11-22-17/h5,7,9,13H,3-4,6,8,10-12H2,1-2H3/t13-,16-/m0/s1. The summed E-state index contributed by atoms with van der Waals surface area (Å²) in [5, 5.41) is 0. The van der Waals surface area contributed by atoms with Crippen molar-refractivity contribution >= 4 is 5.97 Å². The predicted octanol–water partition coefficient (Wildman–Crippen LogP) is 3.25. The molecule has 2 heterocycles. The molecule has 1 saturated heterocycles. The van der Waals surface area contributed by atoms with E-state index in [9.17, 15) is 4.79 Å².